The number of rotatable bonds is 5. The maximum atomic E-state index is 11.7. The third-order valence-corrected chi connectivity index (χ3v) is 4.38. The Morgan fingerprint density at radius 2 is 1.94 bits per heavy atom. The Balaban J connectivity index is 1.91. The van der Waals surface area contributed by atoms with Crippen molar-refractivity contribution < 1.29 is 8.42 Å². The minimum absolute atomic E-state index is 0.535. The summed E-state index contributed by atoms with van der Waals surface area (Å²) >= 11 is 0. The summed E-state index contributed by atoms with van der Waals surface area (Å²) in [6.45, 7) is 2.57. The number of sulfonamides is 1. The van der Waals surface area contributed by atoms with Crippen LogP contribution in [0.4, 0.5) is 0 Å². The molecule has 4 heteroatoms. The van der Waals surface area contributed by atoms with Crippen molar-refractivity contribution in [3.05, 3.63) is 40.8 Å². The van der Waals surface area contributed by atoms with Crippen LogP contribution < -0.4 is 4.72 Å². The molecule has 1 aromatic rings. The lowest BCUT2D eigenvalue weighted by molar-refractivity contribution is 0.316. The summed E-state index contributed by atoms with van der Waals surface area (Å²) in [4.78, 5) is 0. The van der Waals surface area contributed by atoms with E-state index in [1.165, 1.54) is 11.8 Å². The van der Waals surface area contributed by atoms with E-state index >= 15 is 0 Å². The molecule has 1 fully saturated rings. The zero-order valence-corrected chi connectivity index (χ0v) is 11.4. The SMILES string of the molecule is Cc1ccc(/C=C/S(=O)(=O)NCC2CCC2)cc1. The predicted octanol–water partition coefficient (Wildman–Crippen LogP) is 2.69. The Morgan fingerprint density at radius 1 is 1.28 bits per heavy atom. The van der Waals surface area contributed by atoms with Crippen molar-refractivity contribution in [1.82, 2.24) is 4.72 Å². The van der Waals surface area contributed by atoms with Crippen LogP contribution in [-0.2, 0) is 10.0 Å². The second-order valence-electron chi connectivity index (χ2n) is 4.90. The number of aryl methyl sites for hydroxylation is 1. The third-order valence-electron chi connectivity index (χ3n) is 3.31. The Bertz CT molecular complexity index is 513. The molecule has 1 aliphatic rings. The molecule has 0 aliphatic heterocycles. The van der Waals surface area contributed by atoms with Gasteiger partial charge >= 0.3 is 0 Å². The van der Waals surface area contributed by atoms with Gasteiger partial charge in [0.15, 0.2) is 0 Å². The molecular formula is C14H19NO2S. The van der Waals surface area contributed by atoms with E-state index in [1.54, 1.807) is 6.08 Å². The minimum Gasteiger partial charge on any atom is -0.211 e. The van der Waals surface area contributed by atoms with E-state index in [4.69, 9.17) is 0 Å². The van der Waals surface area contributed by atoms with Crippen LogP contribution in [0.25, 0.3) is 6.08 Å². The van der Waals surface area contributed by atoms with Gasteiger partial charge in [-0.1, -0.05) is 36.2 Å². The fourth-order valence-corrected chi connectivity index (χ4v) is 2.73. The van der Waals surface area contributed by atoms with Gasteiger partial charge in [0.25, 0.3) is 0 Å². The average Bonchev–Trinajstić information content (AvgIpc) is 2.26. The smallest absolute Gasteiger partial charge is 0.211 e. The molecule has 0 amide bonds. The zero-order chi connectivity index (χ0) is 13.0. The van der Waals surface area contributed by atoms with E-state index in [-0.39, 0.29) is 0 Å². The summed E-state index contributed by atoms with van der Waals surface area (Å²) in [5.74, 6) is 0.535. The highest BCUT2D eigenvalue weighted by Crippen LogP contribution is 2.25. The van der Waals surface area contributed by atoms with E-state index in [2.05, 4.69) is 4.72 Å². The fraction of sp³-hybridized carbons (Fsp3) is 0.429. The molecule has 3 nitrogen and oxygen atoms in total. The van der Waals surface area contributed by atoms with Crippen LogP contribution in [0, 0.1) is 12.8 Å². The van der Waals surface area contributed by atoms with Gasteiger partial charge in [-0.3, -0.25) is 0 Å². The molecule has 0 atom stereocenters. The molecule has 0 heterocycles. The topological polar surface area (TPSA) is 46.2 Å². The van der Waals surface area contributed by atoms with Crippen molar-refractivity contribution >= 4 is 16.1 Å². The van der Waals surface area contributed by atoms with Gasteiger partial charge in [0.05, 0.1) is 0 Å². The lowest BCUT2D eigenvalue weighted by Gasteiger charge is -2.24. The molecule has 1 aliphatic carbocycles. The summed E-state index contributed by atoms with van der Waals surface area (Å²) in [5, 5.41) is 1.25. The predicted molar refractivity (Wildman–Crippen MR) is 74.5 cm³/mol. The molecule has 2 rings (SSSR count). The molecule has 0 aromatic heterocycles. The summed E-state index contributed by atoms with van der Waals surface area (Å²) < 4.78 is 26.1. The van der Waals surface area contributed by atoms with Gasteiger partial charge < -0.3 is 0 Å². The third kappa shape index (κ3) is 3.96. The molecular weight excluding hydrogens is 246 g/mol. The second-order valence-corrected chi connectivity index (χ2v) is 6.55. The lowest BCUT2D eigenvalue weighted by atomic mass is 9.86. The van der Waals surface area contributed by atoms with Gasteiger partial charge in [-0.05, 0) is 37.3 Å². The first-order chi connectivity index (χ1) is 8.55. The van der Waals surface area contributed by atoms with Crippen molar-refractivity contribution in [2.24, 2.45) is 5.92 Å². The van der Waals surface area contributed by atoms with Crippen LogP contribution in [0.5, 0.6) is 0 Å². The van der Waals surface area contributed by atoms with Crippen molar-refractivity contribution in [3.8, 4) is 0 Å². The second kappa shape index (κ2) is 5.67. The van der Waals surface area contributed by atoms with E-state index in [0.717, 1.165) is 24.0 Å². The number of hydrogen-bond donors (Lipinski definition) is 1. The Morgan fingerprint density at radius 3 is 2.50 bits per heavy atom. The standard InChI is InChI=1S/C14H19NO2S/c1-12-5-7-13(8-6-12)9-10-18(16,17)15-11-14-3-2-4-14/h5-10,14-15H,2-4,11H2,1H3/b10-9+. The van der Waals surface area contributed by atoms with Crippen LogP contribution >= 0.6 is 0 Å². The average molecular weight is 265 g/mol. The highest BCUT2D eigenvalue weighted by molar-refractivity contribution is 7.92. The number of hydrogen-bond acceptors (Lipinski definition) is 2. The molecule has 0 saturated heterocycles. The highest BCUT2D eigenvalue weighted by atomic mass is 32.2. The van der Waals surface area contributed by atoms with E-state index in [0.29, 0.717) is 12.5 Å². The first-order valence-corrected chi connectivity index (χ1v) is 7.84. The molecule has 1 N–H and O–H groups in total. The molecule has 18 heavy (non-hydrogen) atoms. The maximum Gasteiger partial charge on any atom is 0.233 e. The maximum absolute atomic E-state index is 11.7. The summed E-state index contributed by atoms with van der Waals surface area (Å²) in [5.41, 5.74) is 2.06. The van der Waals surface area contributed by atoms with Crippen molar-refractivity contribution in [3.63, 3.8) is 0 Å². The Labute approximate surface area is 109 Å². The first-order valence-electron chi connectivity index (χ1n) is 6.29. The van der Waals surface area contributed by atoms with Gasteiger partial charge in [-0.2, -0.15) is 0 Å². The summed E-state index contributed by atoms with van der Waals surface area (Å²) in [6.07, 6.45) is 5.14. The van der Waals surface area contributed by atoms with Gasteiger partial charge in [-0.25, -0.2) is 13.1 Å². The lowest BCUT2D eigenvalue weighted by Crippen LogP contribution is -2.30. The van der Waals surface area contributed by atoms with E-state index in [9.17, 15) is 8.42 Å². The molecule has 0 spiro atoms. The monoisotopic (exact) mass is 265 g/mol. The normalized spacial score (nSPS) is 16.9. The Hall–Kier alpha value is -1.13. The largest absolute Gasteiger partial charge is 0.233 e. The van der Waals surface area contributed by atoms with Gasteiger partial charge in [0, 0.05) is 12.0 Å². The van der Waals surface area contributed by atoms with Crippen LogP contribution in [0.15, 0.2) is 29.7 Å². The van der Waals surface area contributed by atoms with Gasteiger partial charge in [0.2, 0.25) is 10.0 Å². The Kier molecular flexibility index (Phi) is 4.19. The summed E-state index contributed by atoms with van der Waals surface area (Å²) in [7, 11) is -3.29. The first kappa shape index (κ1) is 13.3. The van der Waals surface area contributed by atoms with Crippen LogP contribution in [-0.4, -0.2) is 15.0 Å². The number of nitrogens with one attached hydrogen (secondary N) is 1. The number of benzene rings is 1. The van der Waals surface area contributed by atoms with Gasteiger partial charge in [-0.15, -0.1) is 0 Å². The fourth-order valence-electron chi connectivity index (χ4n) is 1.82. The van der Waals surface area contributed by atoms with Crippen LogP contribution in [0.1, 0.15) is 30.4 Å². The molecule has 0 radical (unpaired) electrons. The zero-order valence-electron chi connectivity index (χ0n) is 10.6. The van der Waals surface area contributed by atoms with Crippen molar-refractivity contribution in [2.45, 2.75) is 26.2 Å². The van der Waals surface area contributed by atoms with Crippen molar-refractivity contribution in [1.29, 1.82) is 0 Å². The quantitative estimate of drug-likeness (QED) is 0.889. The molecule has 0 bridgehead atoms. The molecule has 1 saturated carbocycles. The molecule has 0 unspecified atom stereocenters. The minimum atomic E-state index is -3.29. The highest BCUT2D eigenvalue weighted by Gasteiger charge is 2.18. The summed E-state index contributed by atoms with van der Waals surface area (Å²) in [6, 6.07) is 7.75. The van der Waals surface area contributed by atoms with Crippen molar-refractivity contribution in [2.75, 3.05) is 6.54 Å². The molecule has 98 valence electrons. The van der Waals surface area contributed by atoms with Crippen LogP contribution in [0.3, 0.4) is 0 Å². The van der Waals surface area contributed by atoms with Gasteiger partial charge in [0.1, 0.15) is 0 Å². The van der Waals surface area contributed by atoms with E-state index < -0.39 is 10.0 Å². The van der Waals surface area contributed by atoms with Crippen LogP contribution in [0.2, 0.25) is 0 Å². The van der Waals surface area contributed by atoms with E-state index in [1.807, 2.05) is 31.2 Å². The molecule has 1 aromatic carbocycles.